The number of halogens is 2. The number of nitrogens with two attached hydrogens (primary N) is 1. The Balaban J connectivity index is 2.14. The molecule has 0 radical (unpaired) electrons. The van der Waals surface area contributed by atoms with Crippen molar-refractivity contribution in [2.24, 2.45) is 5.92 Å². The van der Waals surface area contributed by atoms with E-state index in [1.165, 1.54) is 0 Å². The Morgan fingerprint density at radius 1 is 1.28 bits per heavy atom. The molecule has 1 aromatic rings. The van der Waals surface area contributed by atoms with Gasteiger partial charge in [-0.3, -0.25) is 0 Å². The topological polar surface area (TPSA) is 72.2 Å². The van der Waals surface area contributed by atoms with E-state index in [1.54, 1.807) is 0 Å². The van der Waals surface area contributed by atoms with E-state index in [0.29, 0.717) is 12.0 Å². The third-order valence-electron chi connectivity index (χ3n) is 2.88. The van der Waals surface area contributed by atoms with Crippen molar-refractivity contribution in [3.63, 3.8) is 0 Å². The molecule has 0 heterocycles. The van der Waals surface area contributed by atoms with E-state index < -0.39 is 26.6 Å². The predicted molar refractivity (Wildman–Crippen MR) is 63.3 cm³/mol. The molecule has 0 atom stereocenters. The Kier molecular flexibility index (Phi) is 3.54. The summed E-state index contributed by atoms with van der Waals surface area (Å²) in [5.74, 6) is -1.54. The average molecular weight is 276 g/mol. The number of hydrogen-bond acceptors (Lipinski definition) is 3. The first-order chi connectivity index (χ1) is 8.40. The molecule has 18 heavy (non-hydrogen) atoms. The Morgan fingerprint density at radius 3 is 2.56 bits per heavy atom. The van der Waals surface area contributed by atoms with Gasteiger partial charge in [0.15, 0.2) is 0 Å². The molecule has 1 aliphatic rings. The number of benzene rings is 1. The van der Waals surface area contributed by atoms with Gasteiger partial charge in [0.05, 0.1) is 5.69 Å². The highest BCUT2D eigenvalue weighted by atomic mass is 32.2. The Morgan fingerprint density at radius 2 is 1.94 bits per heavy atom. The van der Waals surface area contributed by atoms with E-state index in [-0.39, 0.29) is 12.2 Å². The van der Waals surface area contributed by atoms with Crippen molar-refractivity contribution in [3.8, 4) is 0 Å². The lowest BCUT2D eigenvalue weighted by Crippen LogP contribution is -2.26. The van der Waals surface area contributed by atoms with Crippen LogP contribution in [-0.2, 0) is 10.0 Å². The SMILES string of the molecule is Nc1cc(S(=O)(=O)NCCC2CC2)c(F)cc1F. The summed E-state index contributed by atoms with van der Waals surface area (Å²) in [5, 5.41) is 0. The van der Waals surface area contributed by atoms with Crippen molar-refractivity contribution < 1.29 is 17.2 Å². The van der Waals surface area contributed by atoms with Crippen molar-refractivity contribution in [2.45, 2.75) is 24.2 Å². The summed E-state index contributed by atoms with van der Waals surface area (Å²) in [7, 11) is -3.97. The zero-order valence-corrected chi connectivity index (χ0v) is 10.4. The Bertz CT molecular complexity index is 556. The molecule has 7 heteroatoms. The van der Waals surface area contributed by atoms with Gasteiger partial charge in [0.2, 0.25) is 10.0 Å². The van der Waals surface area contributed by atoms with Gasteiger partial charge in [-0.2, -0.15) is 0 Å². The first-order valence-electron chi connectivity index (χ1n) is 5.64. The number of sulfonamides is 1. The van der Waals surface area contributed by atoms with E-state index in [2.05, 4.69) is 4.72 Å². The minimum atomic E-state index is -3.97. The third-order valence-corrected chi connectivity index (χ3v) is 4.36. The molecule has 0 amide bonds. The first-order valence-corrected chi connectivity index (χ1v) is 7.12. The van der Waals surface area contributed by atoms with Crippen molar-refractivity contribution in [1.82, 2.24) is 4.72 Å². The molecular formula is C11H14F2N2O2S. The van der Waals surface area contributed by atoms with Gasteiger partial charge in [-0.1, -0.05) is 12.8 Å². The lowest BCUT2D eigenvalue weighted by molar-refractivity contribution is 0.542. The maximum absolute atomic E-state index is 13.4. The Hall–Kier alpha value is -1.21. The van der Waals surface area contributed by atoms with Gasteiger partial charge in [0.1, 0.15) is 16.5 Å². The molecule has 0 saturated heterocycles. The molecule has 0 unspecified atom stereocenters. The molecular weight excluding hydrogens is 262 g/mol. The summed E-state index contributed by atoms with van der Waals surface area (Å²) in [6.45, 7) is 0.254. The second kappa shape index (κ2) is 4.81. The predicted octanol–water partition coefficient (Wildman–Crippen LogP) is 1.63. The summed E-state index contributed by atoms with van der Waals surface area (Å²) < 4.78 is 52.2. The van der Waals surface area contributed by atoms with Crippen LogP contribution >= 0.6 is 0 Å². The second-order valence-electron chi connectivity index (χ2n) is 4.43. The monoisotopic (exact) mass is 276 g/mol. The lowest BCUT2D eigenvalue weighted by Gasteiger charge is -2.08. The van der Waals surface area contributed by atoms with Crippen molar-refractivity contribution in [2.75, 3.05) is 12.3 Å². The van der Waals surface area contributed by atoms with E-state index in [4.69, 9.17) is 5.73 Å². The largest absolute Gasteiger partial charge is 0.396 e. The van der Waals surface area contributed by atoms with Gasteiger partial charge in [0, 0.05) is 12.6 Å². The summed E-state index contributed by atoms with van der Waals surface area (Å²) in [6.07, 6.45) is 2.96. The van der Waals surface area contributed by atoms with Gasteiger partial charge in [0.25, 0.3) is 0 Å². The highest BCUT2D eigenvalue weighted by molar-refractivity contribution is 7.89. The lowest BCUT2D eigenvalue weighted by atomic mass is 10.3. The molecule has 1 saturated carbocycles. The van der Waals surface area contributed by atoms with E-state index >= 15 is 0 Å². The van der Waals surface area contributed by atoms with Gasteiger partial charge in [-0.15, -0.1) is 0 Å². The molecule has 4 nitrogen and oxygen atoms in total. The molecule has 0 bridgehead atoms. The van der Waals surface area contributed by atoms with E-state index in [9.17, 15) is 17.2 Å². The Labute approximate surface area is 104 Å². The van der Waals surface area contributed by atoms with Crippen molar-refractivity contribution in [3.05, 3.63) is 23.8 Å². The van der Waals surface area contributed by atoms with E-state index in [1.807, 2.05) is 0 Å². The summed E-state index contributed by atoms with van der Waals surface area (Å²) >= 11 is 0. The molecule has 0 aliphatic heterocycles. The fourth-order valence-corrected chi connectivity index (χ4v) is 2.77. The van der Waals surface area contributed by atoms with Gasteiger partial charge in [-0.25, -0.2) is 21.9 Å². The zero-order valence-electron chi connectivity index (χ0n) is 9.62. The van der Waals surface area contributed by atoms with Crippen LogP contribution in [0.3, 0.4) is 0 Å². The highest BCUT2D eigenvalue weighted by Crippen LogP contribution is 2.32. The molecule has 0 spiro atoms. The van der Waals surface area contributed by atoms with Crippen LogP contribution < -0.4 is 10.5 Å². The van der Waals surface area contributed by atoms with Gasteiger partial charge >= 0.3 is 0 Å². The summed E-state index contributed by atoms with van der Waals surface area (Å²) in [5.41, 5.74) is 4.85. The summed E-state index contributed by atoms with van der Waals surface area (Å²) in [6, 6.07) is 1.27. The fraction of sp³-hybridized carbons (Fsp3) is 0.455. The molecule has 1 fully saturated rings. The highest BCUT2D eigenvalue weighted by Gasteiger charge is 2.24. The zero-order chi connectivity index (χ0) is 13.3. The number of nitrogen functional groups attached to an aromatic ring is 1. The maximum atomic E-state index is 13.4. The van der Waals surface area contributed by atoms with Gasteiger partial charge < -0.3 is 5.73 Å². The third kappa shape index (κ3) is 2.97. The second-order valence-corrected chi connectivity index (χ2v) is 6.17. The molecule has 1 aromatic carbocycles. The number of rotatable bonds is 5. The summed E-state index contributed by atoms with van der Waals surface area (Å²) in [4.78, 5) is -0.614. The maximum Gasteiger partial charge on any atom is 0.243 e. The number of hydrogen-bond donors (Lipinski definition) is 2. The average Bonchev–Trinajstić information content (AvgIpc) is 3.07. The van der Waals surface area contributed by atoms with Crippen LogP contribution in [0.15, 0.2) is 17.0 Å². The molecule has 0 aromatic heterocycles. The number of nitrogens with one attached hydrogen (secondary N) is 1. The van der Waals surface area contributed by atoms with Crippen LogP contribution in [0.1, 0.15) is 19.3 Å². The smallest absolute Gasteiger partial charge is 0.243 e. The number of anilines is 1. The quantitative estimate of drug-likeness (QED) is 0.803. The van der Waals surface area contributed by atoms with Crippen LogP contribution in [0, 0.1) is 17.6 Å². The first kappa shape index (κ1) is 13.2. The van der Waals surface area contributed by atoms with Crippen LogP contribution in [-0.4, -0.2) is 15.0 Å². The van der Waals surface area contributed by atoms with Gasteiger partial charge in [-0.05, 0) is 18.4 Å². The van der Waals surface area contributed by atoms with Crippen LogP contribution in [0.2, 0.25) is 0 Å². The molecule has 3 N–H and O–H groups in total. The normalized spacial score (nSPS) is 15.9. The van der Waals surface area contributed by atoms with Crippen molar-refractivity contribution >= 4 is 15.7 Å². The van der Waals surface area contributed by atoms with Crippen LogP contribution in [0.4, 0.5) is 14.5 Å². The minimum absolute atomic E-state index is 0.254. The minimum Gasteiger partial charge on any atom is -0.396 e. The molecule has 2 rings (SSSR count). The van der Waals surface area contributed by atoms with Crippen LogP contribution in [0.25, 0.3) is 0 Å². The molecule has 100 valence electrons. The van der Waals surface area contributed by atoms with E-state index in [0.717, 1.165) is 25.3 Å². The van der Waals surface area contributed by atoms with Crippen LogP contribution in [0.5, 0.6) is 0 Å². The molecule has 1 aliphatic carbocycles. The fourth-order valence-electron chi connectivity index (χ4n) is 1.63. The van der Waals surface area contributed by atoms with Crippen molar-refractivity contribution in [1.29, 1.82) is 0 Å². The standard InChI is InChI=1S/C11H14F2N2O2S/c12-8-5-9(13)11(6-10(8)14)18(16,17)15-4-3-7-1-2-7/h5-7,15H,1-4,14H2.